The zero-order valence-corrected chi connectivity index (χ0v) is 18.0. The molecule has 3 aromatic rings. The first-order valence-corrected chi connectivity index (χ1v) is 10.5. The summed E-state index contributed by atoms with van der Waals surface area (Å²) in [6.45, 7) is 11.3. The minimum absolute atomic E-state index is 0.318. The van der Waals surface area contributed by atoms with E-state index in [2.05, 4.69) is 31.7 Å². The molecule has 0 bridgehead atoms. The van der Waals surface area contributed by atoms with Crippen LogP contribution in [0.4, 0.5) is 5.69 Å². The molecule has 7 nitrogen and oxygen atoms in total. The quantitative estimate of drug-likeness (QED) is 0.503. The van der Waals surface area contributed by atoms with E-state index in [1.165, 1.54) is 4.88 Å². The number of nitrogen functional groups attached to an aromatic ring is 1. The molecule has 4 rings (SSSR count). The highest BCUT2D eigenvalue weighted by atomic mass is 32.1. The maximum Gasteiger partial charge on any atom is 0.293 e. The second-order valence-electron chi connectivity index (χ2n) is 7.95. The summed E-state index contributed by atoms with van der Waals surface area (Å²) in [6, 6.07) is 7.87. The monoisotopic (exact) mass is 415 g/mol. The summed E-state index contributed by atoms with van der Waals surface area (Å²) in [7, 11) is 0. The first-order chi connectivity index (χ1) is 13.9. The lowest BCUT2D eigenvalue weighted by Crippen LogP contribution is -2.42. The summed E-state index contributed by atoms with van der Waals surface area (Å²) in [5, 5.41) is 3.39. The largest absolute Gasteiger partial charge is 0.462 e. The van der Waals surface area contributed by atoms with E-state index >= 15 is 0 Å². The normalized spacial score (nSPS) is 15.0. The third-order valence-electron chi connectivity index (χ3n) is 4.43. The van der Waals surface area contributed by atoms with E-state index in [1.807, 2.05) is 45.0 Å². The number of fused-ring (bicyclic) bond motifs is 1. The summed E-state index contributed by atoms with van der Waals surface area (Å²) < 4.78 is 6.66. The number of para-hydroxylation sites is 1. The Morgan fingerprint density at radius 1 is 1.24 bits per heavy atom. The molecule has 0 radical (unpaired) electrons. The van der Waals surface area contributed by atoms with E-state index < -0.39 is 0 Å². The number of ether oxygens (including phenoxy) is 1. The number of carbonyl (C=O) groups is 1. The first-order valence-electron chi connectivity index (χ1n) is 9.72. The van der Waals surface area contributed by atoms with Gasteiger partial charge in [0.1, 0.15) is 5.60 Å². The van der Waals surface area contributed by atoms with Gasteiger partial charge in [-0.3, -0.25) is 14.1 Å². The molecule has 0 spiro atoms. The third kappa shape index (κ3) is 6.03. The molecule has 1 aliphatic rings. The Morgan fingerprint density at radius 3 is 2.55 bits per heavy atom. The minimum atomic E-state index is -0.318. The van der Waals surface area contributed by atoms with E-state index in [0.717, 1.165) is 54.6 Å². The van der Waals surface area contributed by atoms with Gasteiger partial charge in [0.2, 0.25) is 0 Å². The molecule has 0 atom stereocenters. The number of piperazine rings is 1. The molecule has 8 heteroatoms. The van der Waals surface area contributed by atoms with Gasteiger partial charge in [-0.05, 0) is 26.8 Å². The zero-order valence-electron chi connectivity index (χ0n) is 17.2. The Balaban J connectivity index is 0.000000298. The number of anilines is 1. The van der Waals surface area contributed by atoms with Crippen molar-refractivity contribution >= 4 is 28.5 Å². The van der Waals surface area contributed by atoms with Crippen LogP contribution in [0.2, 0.25) is 0 Å². The molecule has 3 heterocycles. The number of nitrogens with two attached hydrogens (primary N) is 1. The van der Waals surface area contributed by atoms with Gasteiger partial charge in [-0.15, -0.1) is 0 Å². The molecule has 29 heavy (non-hydrogen) atoms. The van der Waals surface area contributed by atoms with Crippen LogP contribution in [0.5, 0.6) is 0 Å². The smallest absolute Gasteiger partial charge is 0.293 e. The van der Waals surface area contributed by atoms with Gasteiger partial charge < -0.3 is 15.8 Å². The lowest BCUT2D eigenvalue weighted by atomic mass is 10.1. The fourth-order valence-electron chi connectivity index (χ4n) is 3.01. The molecule has 0 unspecified atom stereocenters. The maximum atomic E-state index is 9.60. The van der Waals surface area contributed by atoms with Crippen LogP contribution in [0, 0.1) is 0 Å². The van der Waals surface area contributed by atoms with Crippen molar-refractivity contribution in [2.24, 2.45) is 0 Å². The second-order valence-corrected chi connectivity index (χ2v) is 9.05. The van der Waals surface area contributed by atoms with Crippen LogP contribution in [-0.4, -0.2) is 52.5 Å². The van der Waals surface area contributed by atoms with Gasteiger partial charge in [-0.2, -0.15) is 0 Å². The lowest BCUT2D eigenvalue weighted by Gasteiger charge is -2.26. The molecule has 1 aliphatic heterocycles. The van der Waals surface area contributed by atoms with E-state index in [-0.39, 0.29) is 5.60 Å². The van der Waals surface area contributed by atoms with Crippen LogP contribution in [0.25, 0.3) is 16.2 Å². The van der Waals surface area contributed by atoms with Crippen molar-refractivity contribution in [1.82, 2.24) is 19.6 Å². The molecule has 1 saturated heterocycles. The van der Waals surface area contributed by atoms with Crippen molar-refractivity contribution < 1.29 is 9.53 Å². The Bertz CT molecular complexity index is 907. The number of aromatic nitrogens is 2. The van der Waals surface area contributed by atoms with Crippen LogP contribution in [0.15, 0.2) is 36.7 Å². The maximum absolute atomic E-state index is 9.60. The Hall–Kier alpha value is -2.42. The highest BCUT2D eigenvalue weighted by Crippen LogP contribution is 2.28. The molecule has 0 aliphatic carbocycles. The summed E-state index contributed by atoms with van der Waals surface area (Å²) in [5.41, 5.74) is 8.44. The minimum Gasteiger partial charge on any atom is -0.462 e. The summed E-state index contributed by atoms with van der Waals surface area (Å²) in [6.07, 6.45) is 4.26. The van der Waals surface area contributed by atoms with Crippen LogP contribution in [0.3, 0.4) is 0 Å². The molecule has 2 aromatic heterocycles. The van der Waals surface area contributed by atoms with Crippen molar-refractivity contribution in [3.05, 3.63) is 41.5 Å². The number of hydrogen-bond donors (Lipinski definition) is 2. The van der Waals surface area contributed by atoms with Gasteiger partial charge in [0, 0.05) is 61.2 Å². The molecular weight excluding hydrogens is 386 g/mol. The summed E-state index contributed by atoms with van der Waals surface area (Å²) in [4.78, 5) is 19.2. The first kappa shape index (κ1) is 21.3. The van der Waals surface area contributed by atoms with Crippen molar-refractivity contribution in [3.8, 4) is 11.3 Å². The van der Waals surface area contributed by atoms with Gasteiger partial charge in [0.05, 0.1) is 5.69 Å². The van der Waals surface area contributed by atoms with Crippen LogP contribution >= 0.6 is 11.3 Å². The van der Waals surface area contributed by atoms with Crippen molar-refractivity contribution in [2.75, 3.05) is 31.9 Å². The molecule has 1 fully saturated rings. The second kappa shape index (κ2) is 9.39. The SMILES string of the molecule is CC(C)(C)OC=O.Nc1ccccc1-c1cn2cc(CN3CCNCC3)sc2n1. The predicted octanol–water partition coefficient (Wildman–Crippen LogP) is 3.01. The predicted molar refractivity (Wildman–Crippen MR) is 118 cm³/mol. The number of carbonyl (C=O) groups excluding carboxylic acids is 1. The number of nitrogens with one attached hydrogen (secondary N) is 1. The lowest BCUT2D eigenvalue weighted by molar-refractivity contribution is -0.138. The van der Waals surface area contributed by atoms with Crippen LogP contribution in [0.1, 0.15) is 25.6 Å². The average Bonchev–Trinajstić information content (AvgIpc) is 3.21. The van der Waals surface area contributed by atoms with Gasteiger partial charge in [0.25, 0.3) is 6.47 Å². The van der Waals surface area contributed by atoms with Gasteiger partial charge >= 0.3 is 0 Å². The van der Waals surface area contributed by atoms with E-state index in [9.17, 15) is 4.79 Å². The highest BCUT2D eigenvalue weighted by Gasteiger charge is 2.14. The average molecular weight is 416 g/mol. The van der Waals surface area contributed by atoms with Crippen LogP contribution in [-0.2, 0) is 16.1 Å². The molecule has 1 aromatic carbocycles. The van der Waals surface area contributed by atoms with Crippen molar-refractivity contribution in [2.45, 2.75) is 32.9 Å². The Morgan fingerprint density at radius 2 is 1.97 bits per heavy atom. The number of thiazole rings is 1. The van der Waals surface area contributed by atoms with Gasteiger partial charge in [-0.1, -0.05) is 29.5 Å². The zero-order chi connectivity index (χ0) is 20.9. The Labute approximate surface area is 175 Å². The van der Waals surface area contributed by atoms with E-state index in [0.29, 0.717) is 6.47 Å². The fraction of sp³-hybridized carbons (Fsp3) is 0.429. The molecule has 0 saturated carbocycles. The number of rotatable bonds is 4. The molecule has 3 N–H and O–H groups in total. The molecule has 0 amide bonds. The van der Waals surface area contributed by atoms with E-state index in [1.54, 1.807) is 11.3 Å². The Kier molecular flexibility index (Phi) is 6.89. The van der Waals surface area contributed by atoms with Gasteiger partial charge in [-0.25, -0.2) is 4.98 Å². The number of imidazole rings is 1. The van der Waals surface area contributed by atoms with E-state index in [4.69, 9.17) is 10.7 Å². The summed E-state index contributed by atoms with van der Waals surface area (Å²) in [5.74, 6) is 0. The molecule has 156 valence electrons. The third-order valence-corrected chi connectivity index (χ3v) is 5.41. The van der Waals surface area contributed by atoms with Crippen LogP contribution < -0.4 is 11.1 Å². The fourth-order valence-corrected chi connectivity index (χ4v) is 4.01. The summed E-state index contributed by atoms with van der Waals surface area (Å²) >= 11 is 1.76. The molecular formula is C21H29N5O2S. The van der Waals surface area contributed by atoms with Crippen molar-refractivity contribution in [1.29, 1.82) is 0 Å². The number of hydrogen-bond acceptors (Lipinski definition) is 7. The van der Waals surface area contributed by atoms with Crippen molar-refractivity contribution in [3.63, 3.8) is 0 Å². The number of nitrogens with zero attached hydrogens (tertiary/aromatic N) is 3. The number of benzene rings is 1. The van der Waals surface area contributed by atoms with Gasteiger partial charge in [0.15, 0.2) is 4.96 Å². The standard InChI is InChI=1S/C16H19N5S.C5H10O2/c17-14-4-2-1-3-13(14)15-11-21-10-12(22-16(21)19-15)9-20-7-5-18-6-8-20;1-5(2,3)7-4-6/h1-4,10-11,18H,5-9,17H2;4H,1-3H3. The highest BCUT2D eigenvalue weighted by molar-refractivity contribution is 7.17. The topological polar surface area (TPSA) is 84.9 Å².